The highest BCUT2D eigenvalue weighted by Gasteiger charge is 2.09. The SMILES string of the molecule is CSc1c(Br)cc(C(C)C)cc1C=O. The number of aldehydes is 1. The van der Waals surface area contributed by atoms with E-state index in [1.54, 1.807) is 11.8 Å². The molecule has 0 fully saturated rings. The Balaban J connectivity index is 3.31. The smallest absolute Gasteiger partial charge is 0.151 e. The van der Waals surface area contributed by atoms with Gasteiger partial charge in [-0.3, -0.25) is 4.79 Å². The molecule has 0 heterocycles. The molecule has 0 saturated carbocycles. The van der Waals surface area contributed by atoms with Crippen molar-refractivity contribution in [2.45, 2.75) is 24.7 Å². The van der Waals surface area contributed by atoms with E-state index in [-0.39, 0.29) is 0 Å². The van der Waals surface area contributed by atoms with Crippen molar-refractivity contribution in [1.82, 2.24) is 0 Å². The Hall–Kier alpha value is -0.280. The predicted octanol–water partition coefficient (Wildman–Crippen LogP) is 4.11. The fourth-order valence-electron chi connectivity index (χ4n) is 1.27. The average molecular weight is 273 g/mol. The molecule has 0 aliphatic rings. The molecule has 0 unspecified atom stereocenters. The Bertz CT molecular complexity index is 347. The van der Waals surface area contributed by atoms with Crippen LogP contribution in [0.5, 0.6) is 0 Å². The largest absolute Gasteiger partial charge is 0.298 e. The molecule has 0 N–H and O–H groups in total. The van der Waals surface area contributed by atoms with Gasteiger partial charge in [0.2, 0.25) is 0 Å². The van der Waals surface area contributed by atoms with Crippen LogP contribution in [0.25, 0.3) is 0 Å². The third-order valence-corrected chi connectivity index (χ3v) is 3.84. The van der Waals surface area contributed by atoms with E-state index in [1.807, 2.05) is 12.3 Å². The highest BCUT2D eigenvalue weighted by Crippen LogP contribution is 2.32. The quantitative estimate of drug-likeness (QED) is 0.609. The van der Waals surface area contributed by atoms with Crippen LogP contribution in [0, 0.1) is 0 Å². The molecule has 0 amide bonds. The minimum atomic E-state index is 0.445. The third kappa shape index (κ3) is 2.39. The monoisotopic (exact) mass is 272 g/mol. The number of rotatable bonds is 3. The van der Waals surface area contributed by atoms with Crippen LogP contribution in [0.1, 0.15) is 35.7 Å². The lowest BCUT2D eigenvalue weighted by Crippen LogP contribution is -1.93. The number of hydrogen-bond donors (Lipinski definition) is 0. The van der Waals surface area contributed by atoms with Gasteiger partial charge in [-0.1, -0.05) is 13.8 Å². The molecule has 3 heteroatoms. The zero-order valence-corrected chi connectivity index (χ0v) is 10.9. The molecule has 1 aromatic rings. The summed E-state index contributed by atoms with van der Waals surface area (Å²) in [6.07, 6.45) is 2.89. The second-order valence-electron chi connectivity index (χ2n) is 3.40. The molecular weight excluding hydrogens is 260 g/mol. The topological polar surface area (TPSA) is 17.1 Å². The zero-order chi connectivity index (χ0) is 10.7. The van der Waals surface area contributed by atoms with Gasteiger partial charge < -0.3 is 0 Å². The molecule has 0 aliphatic heterocycles. The highest BCUT2D eigenvalue weighted by atomic mass is 79.9. The van der Waals surface area contributed by atoms with Gasteiger partial charge in [-0.05, 0) is 45.8 Å². The normalized spacial score (nSPS) is 10.6. The summed E-state index contributed by atoms with van der Waals surface area (Å²) in [7, 11) is 0. The summed E-state index contributed by atoms with van der Waals surface area (Å²) >= 11 is 5.08. The molecule has 0 spiro atoms. The lowest BCUT2D eigenvalue weighted by atomic mass is 10.0. The molecule has 0 aromatic heterocycles. The molecule has 1 aromatic carbocycles. The Morgan fingerprint density at radius 3 is 2.50 bits per heavy atom. The molecule has 0 aliphatic carbocycles. The van der Waals surface area contributed by atoms with Crippen LogP contribution in [-0.4, -0.2) is 12.5 Å². The van der Waals surface area contributed by atoms with E-state index in [1.165, 1.54) is 5.56 Å². The van der Waals surface area contributed by atoms with E-state index in [4.69, 9.17) is 0 Å². The van der Waals surface area contributed by atoms with Crippen LogP contribution in [0.4, 0.5) is 0 Å². The van der Waals surface area contributed by atoms with Gasteiger partial charge in [0.05, 0.1) is 0 Å². The molecule has 0 radical (unpaired) electrons. The van der Waals surface area contributed by atoms with Gasteiger partial charge >= 0.3 is 0 Å². The minimum absolute atomic E-state index is 0.445. The fraction of sp³-hybridized carbons (Fsp3) is 0.364. The van der Waals surface area contributed by atoms with Crippen LogP contribution >= 0.6 is 27.7 Å². The van der Waals surface area contributed by atoms with E-state index in [2.05, 4.69) is 35.8 Å². The lowest BCUT2D eigenvalue weighted by molar-refractivity contribution is 0.112. The first-order valence-corrected chi connectivity index (χ1v) is 6.44. The maximum Gasteiger partial charge on any atom is 0.151 e. The molecule has 0 bridgehead atoms. The molecule has 0 saturated heterocycles. The maximum absolute atomic E-state index is 10.9. The van der Waals surface area contributed by atoms with Crippen molar-refractivity contribution in [3.05, 3.63) is 27.7 Å². The molecule has 1 rings (SSSR count). The van der Waals surface area contributed by atoms with Gasteiger partial charge in [0.15, 0.2) is 6.29 Å². The first-order valence-electron chi connectivity index (χ1n) is 4.42. The van der Waals surface area contributed by atoms with E-state index >= 15 is 0 Å². The molecule has 76 valence electrons. The van der Waals surface area contributed by atoms with Gasteiger partial charge in [0.25, 0.3) is 0 Å². The second kappa shape index (κ2) is 4.99. The summed E-state index contributed by atoms with van der Waals surface area (Å²) in [6.45, 7) is 4.24. The van der Waals surface area contributed by atoms with Gasteiger partial charge in [0.1, 0.15) is 0 Å². The van der Waals surface area contributed by atoms with E-state index < -0.39 is 0 Å². The van der Waals surface area contributed by atoms with E-state index in [0.717, 1.165) is 21.2 Å². The summed E-state index contributed by atoms with van der Waals surface area (Å²) < 4.78 is 1.01. The number of benzene rings is 1. The summed E-state index contributed by atoms with van der Waals surface area (Å²) in [5, 5.41) is 0. The minimum Gasteiger partial charge on any atom is -0.298 e. The first-order chi connectivity index (χ1) is 6.60. The van der Waals surface area contributed by atoms with E-state index in [9.17, 15) is 4.79 Å². The third-order valence-electron chi connectivity index (χ3n) is 2.09. The first kappa shape index (κ1) is 11.8. The second-order valence-corrected chi connectivity index (χ2v) is 5.07. The van der Waals surface area contributed by atoms with Crippen molar-refractivity contribution in [2.24, 2.45) is 0 Å². The van der Waals surface area contributed by atoms with Crippen molar-refractivity contribution in [3.8, 4) is 0 Å². The van der Waals surface area contributed by atoms with Crippen molar-refractivity contribution >= 4 is 34.0 Å². The Kier molecular flexibility index (Phi) is 4.20. The van der Waals surface area contributed by atoms with Crippen LogP contribution in [-0.2, 0) is 0 Å². The number of halogens is 1. The molecular formula is C11H13BrOS. The van der Waals surface area contributed by atoms with Crippen molar-refractivity contribution in [2.75, 3.05) is 6.26 Å². The van der Waals surface area contributed by atoms with Crippen LogP contribution < -0.4 is 0 Å². The zero-order valence-electron chi connectivity index (χ0n) is 8.50. The number of thioether (sulfide) groups is 1. The Morgan fingerprint density at radius 2 is 2.07 bits per heavy atom. The Morgan fingerprint density at radius 1 is 1.43 bits per heavy atom. The number of carbonyl (C=O) groups is 1. The standard InChI is InChI=1S/C11H13BrOS/c1-7(2)8-4-9(6-13)11(14-3)10(12)5-8/h4-7H,1-3H3. The van der Waals surface area contributed by atoms with E-state index in [0.29, 0.717) is 5.92 Å². The van der Waals surface area contributed by atoms with Crippen LogP contribution in [0.2, 0.25) is 0 Å². The van der Waals surface area contributed by atoms with Crippen molar-refractivity contribution in [1.29, 1.82) is 0 Å². The summed E-state index contributed by atoms with van der Waals surface area (Å²) in [4.78, 5) is 11.9. The average Bonchev–Trinajstić information content (AvgIpc) is 2.16. The summed E-state index contributed by atoms with van der Waals surface area (Å²) in [5.41, 5.74) is 1.97. The van der Waals surface area contributed by atoms with Crippen LogP contribution in [0.15, 0.2) is 21.5 Å². The Labute approximate surface area is 97.4 Å². The van der Waals surface area contributed by atoms with Gasteiger partial charge in [-0.25, -0.2) is 0 Å². The summed E-state index contributed by atoms with van der Waals surface area (Å²) in [5.74, 6) is 0.445. The fourth-order valence-corrected chi connectivity index (χ4v) is 2.85. The molecule has 14 heavy (non-hydrogen) atoms. The van der Waals surface area contributed by atoms with Crippen molar-refractivity contribution in [3.63, 3.8) is 0 Å². The van der Waals surface area contributed by atoms with Crippen molar-refractivity contribution < 1.29 is 4.79 Å². The lowest BCUT2D eigenvalue weighted by Gasteiger charge is -2.10. The summed E-state index contributed by atoms with van der Waals surface area (Å²) in [6, 6.07) is 4.05. The highest BCUT2D eigenvalue weighted by molar-refractivity contribution is 9.10. The van der Waals surface area contributed by atoms with Gasteiger partial charge in [-0.15, -0.1) is 11.8 Å². The molecule has 0 atom stereocenters. The van der Waals surface area contributed by atoms with Gasteiger partial charge in [-0.2, -0.15) is 0 Å². The van der Waals surface area contributed by atoms with Crippen LogP contribution in [0.3, 0.4) is 0 Å². The number of hydrogen-bond acceptors (Lipinski definition) is 2. The molecule has 1 nitrogen and oxygen atoms in total. The predicted molar refractivity (Wildman–Crippen MR) is 65.4 cm³/mol. The number of carbonyl (C=O) groups excluding carboxylic acids is 1. The van der Waals surface area contributed by atoms with Gasteiger partial charge in [0, 0.05) is 14.9 Å². The maximum atomic E-state index is 10.9.